The topological polar surface area (TPSA) is 89.4 Å². The van der Waals surface area contributed by atoms with Crippen LogP contribution in [-0.4, -0.2) is 24.1 Å². The maximum Gasteiger partial charge on any atom is 0.185 e. The highest BCUT2D eigenvalue weighted by molar-refractivity contribution is 5.84. The molecule has 0 bridgehead atoms. The summed E-state index contributed by atoms with van der Waals surface area (Å²) in [5, 5.41) is 1.17. The molecule has 102 valence electrons. The minimum absolute atomic E-state index is 0.131. The number of nitrogens with two attached hydrogens (primary N) is 2. The molecule has 0 saturated carbocycles. The van der Waals surface area contributed by atoms with E-state index in [0.29, 0.717) is 6.54 Å². The van der Waals surface area contributed by atoms with E-state index in [9.17, 15) is 0 Å². The number of aromatic amines is 1. The van der Waals surface area contributed by atoms with Crippen molar-refractivity contribution >= 4 is 16.9 Å². The maximum absolute atomic E-state index is 5.65. The summed E-state index contributed by atoms with van der Waals surface area (Å²) < 4.78 is 5.65. The van der Waals surface area contributed by atoms with Gasteiger partial charge >= 0.3 is 0 Å². The van der Waals surface area contributed by atoms with Gasteiger partial charge in [-0.05, 0) is 36.6 Å². The summed E-state index contributed by atoms with van der Waals surface area (Å²) in [5.41, 5.74) is 12.9. The van der Waals surface area contributed by atoms with Crippen molar-refractivity contribution < 1.29 is 4.74 Å². The molecule has 0 aliphatic carbocycles. The van der Waals surface area contributed by atoms with Gasteiger partial charge in [-0.3, -0.25) is 4.99 Å². The molecule has 2 aromatic rings. The van der Waals surface area contributed by atoms with Crippen LogP contribution in [0.4, 0.5) is 0 Å². The Hall–Kier alpha value is -2.17. The van der Waals surface area contributed by atoms with Gasteiger partial charge in [-0.2, -0.15) is 0 Å². The number of nitrogens with one attached hydrogen (secondary N) is 1. The van der Waals surface area contributed by atoms with Crippen molar-refractivity contribution in [3.05, 3.63) is 30.0 Å². The summed E-state index contributed by atoms with van der Waals surface area (Å²) in [7, 11) is 0. The van der Waals surface area contributed by atoms with Crippen LogP contribution in [0.5, 0.6) is 5.75 Å². The largest absolute Gasteiger partial charge is 0.494 e. The van der Waals surface area contributed by atoms with Crippen LogP contribution in [0.2, 0.25) is 0 Å². The minimum atomic E-state index is 0.131. The minimum Gasteiger partial charge on any atom is -0.494 e. The quantitative estimate of drug-likeness (QED) is 0.546. The van der Waals surface area contributed by atoms with E-state index in [4.69, 9.17) is 16.2 Å². The molecule has 0 aliphatic rings. The van der Waals surface area contributed by atoms with E-state index in [0.717, 1.165) is 30.7 Å². The van der Waals surface area contributed by atoms with E-state index in [1.165, 1.54) is 10.9 Å². The van der Waals surface area contributed by atoms with E-state index in [2.05, 4.69) is 23.0 Å². The summed E-state index contributed by atoms with van der Waals surface area (Å²) in [5.74, 6) is 1.03. The van der Waals surface area contributed by atoms with Crippen LogP contribution in [-0.2, 0) is 6.42 Å². The average molecular weight is 260 g/mol. The van der Waals surface area contributed by atoms with Crippen LogP contribution >= 0.6 is 0 Å². The highest BCUT2D eigenvalue weighted by Gasteiger charge is 2.05. The van der Waals surface area contributed by atoms with Gasteiger partial charge in [0, 0.05) is 23.6 Å². The monoisotopic (exact) mass is 260 g/mol. The van der Waals surface area contributed by atoms with Crippen molar-refractivity contribution in [1.29, 1.82) is 0 Å². The Morgan fingerprint density at radius 3 is 2.95 bits per heavy atom. The maximum atomic E-state index is 5.65. The Balaban J connectivity index is 2.17. The Morgan fingerprint density at radius 2 is 2.21 bits per heavy atom. The number of H-pyrrole nitrogens is 1. The van der Waals surface area contributed by atoms with Gasteiger partial charge in [0.05, 0.1) is 6.61 Å². The first-order chi connectivity index (χ1) is 9.20. The van der Waals surface area contributed by atoms with Crippen molar-refractivity contribution in [2.45, 2.75) is 19.8 Å². The fourth-order valence-electron chi connectivity index (χ4n) is 1.98. The molecule has 1 heterocycles. The average Bonchev–Trinajstić information content (AvgIpc) is 2.79. The molecule has 0 aliphatic heterocycles. The first-order valence-electron chi connectivity index (χ1n) is 6.49. The molecular weight excluding hydrogens is 240 g/mol. The highest BCUT2D eigenvalue weighted by Crippen LogP contribution is 2.24. The molecule has 19 heavy (non-hydrogen) atoms. The van der Waals surface area contributed by atoms with Crippen molar-refractivity contribution in [3.63, 3.8) is 0 Å². The van der Waals surface area contributed by atoms with Gasteiger partial charge in [0.25, 0.3) is 0 Å². The number of ether oxygens (including phenoxy) is 1. The number of fused-ring (bicyclic) bond motifs is 1. The van der Waals surface area contributed by atoms with Crippen LogP contribution in [0.25, 0.3) is 10.9 Å². The van der Waals surface area contributed by atoms with Crippen LogP contribution in [0.15, 0.2) is 29.4 Å². The van der Waals surface area contributed by atoms with E-state index in [-0.39, 0.29) is 5.96 Å². The molecule has 1 aromatic carbocycles. The first kappa shape index (κ1) is 13.3. The van der Waals surface area contributed by atoms with Gasteiger partial charge < -0.3 is 21.2 Å². The third kappa shape index (κ3) is 3.40. The normalized spacial score (nSPS) is 10.6. The Kier molecular flexibility index (Phi) is 4.28. The number of aromatic nitrogens is 1. The van der Waals surface area contributed by atoms with E-state index in [1.807, 2.05) is 18.3 Å². The van der Waals surface area contributed by atoms with Gasteiger partial charge in [-0.15, -0.1) is 0 Å². The molecule has 0 radical (unpaired) electrons. The predicted octanol–water partition coefficient (Wildman–Crippen LogP) is 1.77. The summed E-state index contributed by atoms with van der Waals surface area (Å²) in [6, 6.07) is 6.07. The zero-order chi connectivity index (χ0) is 13.7. The molecule has 0 saturated heterocycles. The molecule has 5 nitrogen and oxygen atoms in total. The predicted molar refractivity (Wildman–Crippen MR) is 78.5 cm³/mol. The Labute approximate surface area is 112 Å². The lowest BCUT2D eigenvalue weighted by Gasteiger charge is -2.05. The summed E-state index contributed by atoms with van der Waals surface area (Å²) in [4.78, 5) is 7.25. The Morgan fingerprint density at radius 1 is 1.37 bits per heavy atom. The molecule has 0 spiro atoms. The highest BCUT2D eigenvalue weighted by atomic mass is 16.5. The molecule has 1 aromatic heterocycles. The summed E-state index contributed by atoms with van der Waals surface area (Å²) in [6.45, 7) is 3.42. The number of guanidine groups is 1. The van der Waals surface area contributed by atoms with Crippen LogP contribution in [0, 0.1) is 0 Å². The zero-order valence-electron chi connectivity index (χ0n) is 11.1. The number of rotatable bonds is 6. The smallest absolute Gasteiger partial charge is 0.185 e. The number of benzene rings is 1. The van der Waals surface area contributed by atoms with Gasteiger partial charge in [-0.25, -0.2) is 0 Å². The number of hydrogen-bond donors (Lipinski definition) is 3. The first-order valence-corrected chi connectivity index (χ1v) is 6.49. The molecular formula is C14H20N4O. The third-order valence-electron chi connectivity index (χ3n) is 2.89. The fraction of sp³-hybridized carbons (Fsp3) is 0.357. The van der Waals surface area contributed by atoms with Gasteiger partial charge in [0.1, 0.15) is 5.75 Å². The molecule has 0 fully saturated rings. The van der Waals surface area contributed by atoms with E-state index >= 15 is 0 Å². The Bertz CT molecular complexity index is 570. The second kappa shape index (κ2) is 6.13. The van der Waals surface area contributed by atoms with Crippen LogP contribution in [0.3, 0.4) is 0 Å². The van der Waals surface area contributed by atoms with Gasteiger partial charge in [-0.1, -0.05) is 6.92 Å². The lowest BCUT2D eigenvalue weighted by molar-refractivity contribution is 0.318. The van der Waals surface area contributed by atoms with Crippen molar-refractivity contribution in [1.82, 2.24) is 4.98 Å². The summed E-state index contributed by atoms with van der Waals surface area (Å²) >= 11 is 0. The van der Waals surface area contributed by atoms with Gasteiger partial charge in [0.2, 0.25) is 0 Å². The molecule has 5 heteroatoms. The zero-order valence-corrected chi connectivity index (χ0v) is 11.1. The van der Waals surface area contributed by atoms with Crippen molar-refractivity contribution in [2.24, 2.45) is 16.5 Å². The standard InChI is InChI=1S/C14H20N4O/c1-2-7-19-11-3-4-13-12(8-11)10(9-18-13)5-6-17-14(15)16/h3-4,8-9,18H,2,5-7H2,1H3,(H4,15,16,17). The van der Waals surface area contributed by atoms with Gasteiger partial charge in [0.15, 0.2) is 5.96 Å². The summed E-state index contributed by atoms with van der Waals surface area (Å²) in [6.07, 6.45) is 3.80. The van der Waals surface area contributed by atoms with E-state index < -0.39 is 0 Å². The second-order valence-electron chi connectivity index (χ2n) is 4.43. The lowest BCUT2D eigenvalue weighted by Crippen LogP contribution is -2.23. The molecule has 0 atom stereocenters. The molecule has 2 rings (SSSR count). The SMILES string of the molecule is CCCOc1ccc2[nH]cc(CCN=C(N)N)c2c1. The number of hydrogen-bond acceptors (Lipinski definition) is 2. The number of aliphatic imine (C=N–C) groups is 1. The number of nitrogens with zero attached hydrogens (tertiary/aromatic N) is 1. The van der Waals surface area contributed by atoms with Crippen LogP contribution in [0.1, 0.15) is 18.9 Å². The lowest BCUT2D eigenvalue weighted by atomic mass is 10.1. The third-order valence-corrected chi connectivity index (χ3v) is 2.89. The molecule has 0 unspecified atom stereocenters. The van der Waals surface area contributed by atoms with Crippen LogP contribution < -0.4 is 16.2 Å². The second-order valence-corrected chi connectivity index (χ2v) is 4.43. The molecule has 5 N–H and O–H groups in total. The van der Waals surface area contributed by atoms with Crippen molar-refractivity contribution in [2.75, 3.05) is 13.2 Å². The fourth-order valence-corrected chi connectivity index (χ4v) is 1.98. The molecule has 0 amide bonds. The van der Waals surface area contributed by atoms with E-state index in [1.54, 1.807) is 0 Å². The van der Waals surface area contributed by atoms with Crippen molar-refractivity contribution in [3.8, 4) is 5.75 Å².